The van der Waals surface area contributed by atoms with Crippen molar-refractivity contribution in [2.75, 3.05) is 6.54 Å². The summed E-state index contributed by atoms with van der Waals surface area (Å²) in [7, 11) is 0. The maximum absolute atomic E-state index is 13.3. The van der Waals surface area contributed by atoms with Crippen LogP contribution in [0.25, 0.3) is 0 Å². The molecule has 1 aliphatic carbocycles. The molecular weight excluding hydrogens is 544 g/mol. The summed E-state index contributed by atoms with van der Waals surface area (Å²) >= 11 is 3.39. The van der Waals surface area contributed by atoms with Gasteiger partial charge in [-0.05, 0) is 36.0 Å². The first-order chi connectivity index (χ1) is 17.4. The Balaban J connectivity index is 2.14. The van der Waals surface area contributed by atoms with Gasteiger partial charge in [-0.3, -0.25) is 14.4 Å². The Morgan fingerprint density at radius 3 is 2.16 bits per heavy atom. The molecule has 0 heterocycles. The van der Waals surface area contributed by atoms with Gasteiger partial charge in [-0.25, -0.2) is 4.79 Å². The number of benzene rings is 1. The van der Waals surface area contributed by atoms with Gasteiger partial charge in [0, 0.05) is 23.4 Å². The Labute approximate surface area is 227 Å². The second-order valence-electron chi connectivity index (χ2n) is 10.5. The summed E-state index contributed by atoms with van der Waals surface area (Å²) in [5.41, 5.74) is 0.309. The summed E-state index contributed by atoms with van der Waals surface area (Å²) in [4.78, 5) is 49.6. The first kappa shape index (κ1) is 30.6. The first-order valence-corrected chi connectivity index (χ1v) is 13.6. The molecule has 0 aliphatic heterocycles. The topological polar surface area (TPSA) is 131 Å². The molecule has 37 heavy (non-hydrogen) atoms. The molecule has 0 saturated heterocycles. The summed E-state index contributed by atoms with van der Waals surface area (Å²) in [5, 5.41) is 14.9. The predicted molar refractivity (Wildman–Crippen MR) is 142 cm³/mol. The SMILES string of the molecule is CC(C)C(=O)OC(OC(=O)N[C@@H](Cc1ccc(Br)cc1)C(=O)NCC1(CC(=O)O)CCCCC1)C(C)C. The van der Waals surface area contributed by atoms with Gasteiger partial charge in [0.2, 0.25) is 5.91 Å². The van der Waals surface area contributed by atoms with Crippen LogP contribution in [0.4, 0.5) is 4.79 Å². The van der Waals surface area contributed by atoms with E-state index in [4.69, 9.17) is 9.47 Å². The summed E-state index contributed by atoms with van der Waals surface area (Å²) < 4.78 is 11.6. The van der Waals surface area contributed by atoms with Crippen molar-refractivity contribution < 1.29 is 33.8 Å². The molecule has 1 unspecified atom stereocenters. The molecule has 1 aromatic rings. The minimum Gasteiger partial charge on any atom is -0.481 e. The minimum absolute atomic E-state index is 0.0165. The molecule has 0 spiro atoms. The van der Waals surface area contributed by atoms with E-state index in [1.807, 2.05) is 24.3 Å². The van der Waals surface area contributed by atoms with Gasteiger partial charge in [-0.2, -0.15) is 0 Å². The van der Waals surface area contributed by atoms with Crippen molar-refractivity contribution in [3.63, 3.8) is 0 Å². The number of nitrogens with one attached hydrogen (secondary N) is 2. The van der Waals surface area contributed by atoms with Gasteiger partial charge in [0.25, 0.3) is 6.29 Å². The first-order valence-electron chi connectivity index (χ1n) is 12.8. The number of carbonyl (C=O) groups is 4. The van der Waals surface area contributed by atoms with Gasteiger partial charge in [0.15, 0.2) is 0 Å². The maximum atomic E-state index is 13.3. The van der Waals surface area contributed by atoms with Crippen molar-refractivity contribution in [2.45, 2.75) is 85.0 Å². The number of hydrogen-bond donors (Lipinski definition) is 3. The lowest BCUT2D eigenvalue weighted by Gasteiger charge is -2.36. The van der Waals surface area contributed by atoms with Crippen LogP contribution in [-0.2, 0) is 30.3 Å². The number of ether oxygens (including phenoxy) is 2. The van der Waals surface area contributed by atoms with Crippen LogP contribution in [0.2, 0.25) is 0 Å². The van der Waals surface area contributed by atoms with Crippen molar-refractivity contribution in [2.24, 2.45) is 17.3 Å². The predicted octanol–water partition coefficient (Wildman–Crippen LogP) is 4.81. The average molecular weight is 584 g/mol. The van der Waals surface area contributed by atoms with E-state index in [2.05, 4.69) is 26.6 Å². The highest BCUT2D eigenvalue weighted by atomic mass is 79.9. The number of hydrogen-bond acceptors (Lipinski definition) is 6. The van der Waals surface area contributed by atoms with E-state index < -0.39 is 41.7 Å². The third-order valence-electron chi connectivity index (χ3n) is 6.51. The fraction of sp³-hybridized carbons (Fsp3) is 0.630. The van der Waals surface area contributed by atoms with E-state index in [0.29, 0.717) is 0 Å². The van der Waals surface area contributed by atoms with Crippen LogP contribution in [0.3, 0.4) is 0 Å². The van der Waals surface area contributed by atoms with Crippen molar-refractivity contribution in [3.05, 3.63) is 34.3 Å². The highest BCUT2D eigenvalue weighted by Crippen LogP contribution is 2.38. The van der Waals surface area contributed by atoms with E-state index in [0.717, 1.165) is 42.1 Å². The zero-order valence-electron chi connectivity index (χ0n) is 22.1. The number of carboxylic acid groups (broad SMARTS) is 1. The fourth-order valence-electron chi connectivity index (χ4n) is 4.33. The standard InChI is InChI=1S/C27H39BrN2O7/c1-17(2)24(34)36-25(18(3)4)37-26(35)30-21(14-19-8-10-20(28)11-9-19)23(33)29-16-27(15-22(31)32)12-6-5-7-13-27/h8-11,17-18,21,25H,5-7,12-16H2,1-4H3,(H,29,33)(H,30,35)(H,31,32)/t21-,25?/m0/s1. The molecule has 10 heteroatoms. The number of alkyl carbamates (subject to hydrolysis) is 1. The molecule has 2 rings (SSSR count). The second-order valence-corrected chi connectivity index (χ2v) is 11.4. The zero-order chi connectivity index (χ0) is 27.6. The van der Waals surface area contributed by atoms with Crippen molar-refractivity contribution in [1.82, 2.24) is 10.6 Å². The van der Waals surface area contributed by atoms with Crippen LogP contribution in [0, 0.1) is 17.3 Å². The Bertz CT molecular complexity index is 927. The molecule has 9 nitrogen and oxygen atoms in total. The second kappa shape index (κ2) is 14.4. The minimum atomic E-state index is -1.10. The van der Waals surface area contributed by atoms with Crippen LogP contribution in [-0.4, -0.2) is 47.9 Å². The molecule has 2 amide bonds. The van der Waals surface area contributed by atoms with E-state index >= 15 is 0 Å². The quantitative estimate of drug-likeness (QED) is 0.238. The molecule has 0 bridgehead atoms. The summed E-state index contributed by atoms with van der Waals surface area (Å²) in [5.74, 6) is -2.50. The van der Waals surface area contributed by atoms with Crippen LogP contribution in [0.15, 0.2) is 28.7 Å². The monoisotopic (exact) mass is 582 g/mol. The van der Waals surface area contributed by atoms with Gasteiger partial charge in [-0.15, -0.1) is 0 Å². The summed E-state index contributed by atoms with van der Waals surface area (Å²) in [6.07, 6.45) is 2.53. The van der Waals surface area contributed by atoms with E-state index in [9.17, 15) is 24.3 Å². The molecule has 1 saturated carbocycles. The number of carboxylic acids is 1. The lowest BCUT2D eigenvalue weighted by molar-refractivity contribution is -0.178. The zero-order valence-corrected chi connectivity index (χ0v) is 23.6. The normalized spacial score (nSPS) is 16.5. The highest BCUT2D eigenvalue weighted by Gasteiger charge is 2.36. The average Bonchev–Trinajstić information content (AvgIpc) is 2.83. The molecule has 1 aliphatic rings. The summed E-state index contributed by atoms with van der Waals surface area (Å²) in [6, 6.07) is 6.38. The van der Waals surface area contributed by atoms with Gasteiger partial charge >= 0.3 is 18.0 Å². The molecule has 1 fully saturated rings. The number of rotatable bonds is 12. The van der Waals surface area contributed by atoms with Crippen LogP contribution in [0.1, 0.15) is 71.8 Å². The number of esters is 1. The molecule has 2 atom stereocenters. The number of halogens is 1. The van der Waals surface area contributed by atoms with Gasteiger partial charge in [0.05, 0.1) is 12.3 Å². The van der Waals surface area contributed by atoms with Crippen LogP contribution >= 0.6 is 15.9 Å². The van der Waals surface area contributed by atoms with Crippen LogP contribution in [0.5, 0.6) is 0 Å². The molecule has 3 N–H and O–H groups in total. The van der Waals surface area contributed by atoms with Crippen molar-refractivity contribution in [1.29, 1.82) is 0 Å². The van der Waals surface area contributed by atoms with Crippen molar-refractivity contribution >= 4 is 39.9 Å². The lowest BCUT2D eigenvalue weighted by atomic mass is 9.71. The largest absolute Gasteiger partial charge is 0.481 e. The lowest BCUT2D eigenvalue weighted by Crippen LogP contribution is -2.51. The van der Waals surface area contributed by atoms with Gasteiger partial charge in [-0.1, -0.05) is 75.0 Å². The Hall–Kier alpha value is -2.62. The number of carbonyl (C=O) groups excluding carboxylic acids is 3. The Kier molecular flexibility index (Phi) is 11.9. The number of amides is 2. The third kappa shape index (κ3) is 10.3. The Morgan fingerprint density at radius 2 is 1.62 bits per heavy atom. The highest BCUT2D eigenvalue weighted by molar-refractivity contribution is 9.10. The molecule has 1 aromatic carbocycles. The van der Waals surface area contributed by atoms with Gasteiger partial charge in [0.1, 0.15) is 6.04 Å². The van der Waals surface area contributed by atoms with Crippen LogP contribution < -0.4 is 10.6 Å². The molecule has 0 radical (unpaired) electrons. The third-order valence-corrected chi connectivity index (χ3v) is 7.04. The fourth-order valence-corrected chi connectivity index (χ4v) is 4.59. The molecular formula is C27H39BrN2O7. The maximum Gasteiger partial charge on any atom is 0.410 e. The smallest absolute Gasteiger partial charge is 0.410 e. The van der Waals surface area contributed by atoms with E-state index in [1.165, 1.54) is 0 Å². The van der Waals surface area contributed by atoms with E-state index in [-0.39, 0.29) is 31.2 Å². The molecule has 0 aromatic heterocycles. The number of aliphatic carboxylic acids is 1. The Morgan fingerprint density at radius 1 is 1.00 bits per heavy atom. The van der Waals surface area contributed by atoms with Crippen molar-refractivity contribution in [3.8, 4) is 0 Å². The molecule has 206 valence electrons. The summed E-state index contributed by atoms with van der Waals surface area (Å²) in [6.45, 7) is 7.09. The van der Waals surface area contributed by atoms with E-state index in [1.54, 1.807) is 27.7 Å². The van der Waals surface area contributed by atoms with Gasteiger partial charge < -0.3 is 25.2 Å².